The molecule has 6 nitrogen and oxygen atoms in total. The van der Waals surface area contributed by atoms with Crippen LogP contribution >= 0.6 is 11.6 Å². The fourth-order valence-corrected chi connectivity index (χ4v) is 3.66. The van der Waals surface area contributed by atoms with Crippen molar-refractivity contribution in [1.29, 1.82) is 0 Å². The lowest BCUT2D eigenvalue weighted by Crippen LogP contribution is -2.50. The van der Waals surface area contributed by atoms with Gasteiger partial charge in [-0.25, -0.2) is 4.39 Å². The molecule has 0 spiro atoms. The van der Waals surface area contributed by atoms with E-state index in [-0.39, 0.29) is 24.1 Å². The van der Waals surface area contributed by atoms with Gasteiger partial charge in [-0.2, -0.15) is 0 Å². The Bertz CT molecular complexity index is 1090. The highest BCUT2D eigenvalue weighted by molar-refractivity contribution is 6.33. The van der Waals surface area contributed by atoms with E-state index < -0.39 is 5.82 Å². The van der Waals surface area contributed by atoms with Gasteiger partial charge in [0.25, 0.3) is 5.91 Å². The molecule has 1 aliphatic heterocycles. The van der Waals surface area contributed by atoms with Crippen molar-refractivity contribution in [2.75, 3.05) is 38.0 Å². The molecule has 0 aliphatic carbocycles. The van der Waals surface area contributed by atoms with Gasteiger partial charge >= 0.3 is 0 Å². The van der Waals surface area contributed by atoms with Crippen molar-refractivity contribution in [2.45, 2.75) is 0 Å². The number of rotatable bonds is 5. The summed E-state index contributed by atoms with van der Waals surface area (Å²) in [7, 11) is 0. The van der Waals surface area contributed by atoms with Gasteiger partial charge in [0.2, 0.25) is 5.91 Å². The number of hydrogen-bond donors (Lipinski definition) is 1. The maximum Gasteiger partial charge on any atom is 0.289 e. The van der Waals surface area contributed by atoms with Gasteiger partial charge < -0.3 is 14.6 Å². The number of halogens is 2. The third kappa shape index (κ3) is 4.95. The molecule has 2 amide bonds. The van der Waals surface area contributed by atoms with Crippen molar-refractivity contribution < 1.29 is 18.4 Å². The van der Waals surface area contributed by atoms with Crippen LogP contribution < -0.4 is 5.32 Å². The van der Waals surface area contributed by atoms with Gasteiger partial charge in [0.05, 0.1) is 22.8 Å². The van der Waals surface area contributed by atoms with E-state index in [1.165, 1.54) is 6.07 Å². The predicted octanol–water partition coefficient (Wildman–Crippen LogP) is 4.14. The normalized spacial score (nSPS) is 14.5. The predicted molar refractivity (Wildman–Crippen MR) is 117 cm³/mol. The molecule has 8 heteroatoms. The monoisotopic (exact) mass is 441 g/mol. The van der Waals surface area contributed by atoms with Gasteiger partial charge in [-0.05, 0) is 36.4 Å². The number of carbonyl (C=O) groups is 2. The minimum absolute atomic E-state index is 0.159. The molecule has 0 atom stereocenters. The Labute approximate surface area is 184 Å². The summed E-state index contributed by atoms with van der Waals surface area (Å²) in [4.78, 5) is 28.7. The first-order valence-electron chi connectivity index (χ1n) is 9.92. The topological polar surface area (TPSA) is 65.8 Å². The number of carbonyl (C=O) groups excluding carboxylic acids is 2. The number of anilines is 1. The molecule has 1 N–H and O–H groups in total. The summed E-state index contributed by atoms with van der Waals surface area (Å²) >= 11 is 6.07. The lowest BCUT2D eigenvalue weighted by molar-refractivity contribution is -0.117. The van der Waals surface area contributed by atoms with Crippen molar-refractivity contribution in [1.82, 2.24) is 9.80 Å². The largest absolute Gasteiger partial charge is 0.451 e. The molecule has 2 aromatic carbocycles. The van der Waals surface area contributed by atoms with Crippen molar-refractivity contribution in [3.8, 4) is 11.3 Å². The lowest BCUT2D eigenvalue weighted by Gasteiger charge is -2.33. The van der Waals surface area contributed by atoms with E-state index >= 15 is 0 Å². The first-order chi connectivity index (χ1) is 15.0. The highest BCUT2D eigenvalue weighted by Crippen LogP contribution is 2.25. The number of para-hydroxylation sites is 1. The SMILES string of the molecule is O=C(CN1CCN(C(=O)c2ccc(-c3ccccc3F)o2)CC1)Nc1ccccc1Cl. The molecule has 2 heterocycles. The van der Waals surface area contributed by atoms with E-state index in [1.54, 1.807) is 59.5 Å². The van der Waals surface area contributed by atoms with Crippen molar-refractivity contribution in [3.63, 3.8) is 0 Å². The summed E-state index contributed by atoms with van der Waals surface area (Å²) in [6.45, 7) is 2.26. The number of nitrogens with zero attached hydrogens (tertiary/aromatic N) is 2. The van der Waals surface area contributed by atoms with Crippen LogP contribution in [0.3, 0.4) is 0 Å². The second kappa shape index (κ2) is 9.32. The first kappa shape index (κ1) is 21.1. The number of benzene rings is 2. The van der Waals surface area contributed by atoms with Crippen LogP contribution in [0.1, 0.15) is 10.6 Å². The molecule has 1 aromatic heterocycles. The average molecular weight is 442 g/mol. The third-order valence-electron chi connectivity index (χ3n) is 5.13. The molecular formula is C23H21ClFN3O3. The number of piperazine rings is 1. The van der Waals surface area contributed by atoms with Crippen LogP contribution in [0.2, 0.25) is 5.02 Å². The molecule has 0 unspecified atom stereocenters. The van der Waals surface area contributed by atoms with Crippen molar-refractivity contribution >= 4 is 29.1 Å². The Morgan fingerprint density at radius 2 is 1.68 bits per heavy atom. The van der Waals surface area contributed by atoms with E-state index in [9.17, 15) is 14.0 Å². The minimum Gasteiger partial charge on any atom is -0.451 e. The maximum atomic E-state index is 13.9. The molecule has 0 saturated carbocycles. The summed E-state index contributed by atoms with van der Waals surface area (Å²) in [5, 5.41) is 3.29. The fourth-order valence-electron chi connectivity index (χ4n) is 3.48. The molecule has 1 saturated heterocycles. The molecule has 1 fully saturated rings. The zero-order chi connectivity index (χ0) is 21.8. The number of nitrogens with one attached hydrogen (secondary N) is 1. The molecule has 4 rings (SSSR count). The summed E-state index contributed by atoms with van der Waals surface area (Å²) in [5.74, 6) is -0.324. The summed E-state index contributed by atoms with van der Waals surface area (Å²) in [6.07, 6.45) is 0. The van der Waals surface area contributed by atoms with Gasteiger partial charge in [-0.15, -0.1) is 0 Å². The Kier molecular flexibility index (Phi) is 6.34. The van der Waals surface area contributed by atoms with Gasteiger partial charge in [-0.1, -0.05) is 35.9 Å². The second-order valence-electron chi connectivity index (χ2n) is 7.24. The second-order valence-corrected chi connectivity index (χ2v) is 7.65. The highest BCUT2D eigenvalue weighted by atomic mass is 35.5. The standard InChI is InChI=1S/C23H21ClFN3O3/c24-17-6-2-4-8-19(17)26-22(29)15-27-11-13-28(14-12-27)23(30)21-10-9-20(31-21)16-5-1-3-7-18(16)25/h1-10H,11-15H2,(H,26,29). The Balaban J connectivity index is 1.31. The smallest absolute Gasteiger partial charge is 0.289 e. The highest BCUT2D eigenvalue weighted by Gasteiger charge is 2.25. The van der Waals surface area contributed by atoms with Crippen LogP contribution in [0, 0.1) is 5.82 Å². The molecule has 1 aliphatic rings. The maximum absolute atomic E-state index is 13.9. The van der Waals surface area contributed by atoms with E-state index in [0.29, 0.717) is 48.2 Å². The number of furan rings is 1. The van der Waals surface area contributed by atoms with E-state index in [1.807, 2.05) is 4.90 Å². The zero-order valence-corrected chi connectivity index (χ0v) is 17.4. The molecule has 0 bridgehead atoms. The average Bonchev–Trinajstić information content (AvgIpc) is 3.26. The van der Waals surface area contributed by atoms with E-state index in [4.69, 9.17) is 16.0 Å². The van der Waals surface area contributed by atoms with Crippen LogP contribution in [0.4, 0.5) is 10.1 Å². The molecule has 160 valence electrons. The van der Waals surface area contributed by atoms with Crippen LogP contribution in [0.5, 0.6) is 0 Å². The third-order valence-corrected chi connectivity index (χ3v) is 5.46. The van der Waals surface area contributed by atoms with Crippen LogP contribution in [0.15, 0.2) is 65.1 Å². The Morgan fingerprint density at radius 1 is 0.968 bits per heavy atom. The minimum atomic E-state index is -0.403. The number of amides is 2. The quantitative estimate of drug-likeness (QED) is 0.646. The Hall–Kier alpha value is -3.16. The molecule has 3 aromatic rings. The van der Waals surface area contributed by atoms with Crippen molar-refractivity contribution in [2.24, 2.45) is 0 Å². The number of hydrogen-bond acceptors (Lipinski definition) is 4. The van der Waals surface area contributed by atoms with E-state index in [0.717, 1.165) is 0 Å². The summed E-state index contributed by atoms with van der Waals surface area (Å²) < 4.78 is 19.6. The summed E-state index contributed by atoms with van der Waals surface area (Å²) in [5.41, 5.74) is 0.891. The van der Waals surface area contributed by atoms with Crippen LogP contribution in [-0.2, 0) is 4.79 Å². The zero-order valence-electron chi connectivity index (χ0n) is 16.7. The van der Waals surface area contributed by atoms with Crippen LogP contribution in [0.25, 0.3) is 11.3 Å². The van der Waals surface area contributed by atoms with Gasteiger partial charge in [0.15, 0.2) is 5.76 Å². The van der Waals surface area contributed by atoms with Gasteiger partial charge in [0.1, 0.15) is 11.6 Å². The van der Waals surface area contributed by atoms with Gasteiger partial charge in [-0.3, -0.25) is 14.5 Å². The molecule has 31 heavy (non-hydrogen) atoms. The summed E-state index contributed by atoms with van der Waals surface area (Å²) in [6, 6.07) is 16.5. The first-order valence-corrected chi connectivity index (χ1v) is 10.3. The fraction of sp³-hybridized carbons (Fsp3) is 0.217. The molecule has 0 radical (unpaired) electrons. The van der Waals surface area contributed by atoms with Crippen LogP contribution in [-0.4, -0.2) is 54.3 Å². The van der Waals surface area contributed by atoms with E-state index in [2.05, 4.69) is 5.32 Å². The van der Waals surface area contributed by atoms with Crippen molar-refractivity contribution in [3.05, 3.63) is 77.3 Å². The molecular weight excluding hydrogens is 421 g/mol. The lowest BCUT2D eigenvalue weighted by atomic mass is 10.1. The van der Waals surface area contributed by atoms with Gasteiger partial charge in [0, 0.05) is 26.2 Å². The Morgan fingerprint density at radius 3 is 2.42 bits per heavy atom.